The van der Waals surface area contributed by atoms with Gasteiger partial charge in [-0.05, 0) is 31.0 Å². The van der Waals surface area contributed by atoms with Crippen molar-refractivity contribution in [1.82, 2.24) is 10.3 Å². The number of carbonyl (C=O) groups excluding carboxylic acids is 1. The summed E-state index contributed by atoms with van der Waals surface area (Å²) in [5.74, 6) is 0.371. The van der Waals surface area contributed by atoms with E-state index in [0.29, 0.717) is 28.9 Å². The summed E-state index contributed by atoms with van der Waals surface area (Å²) in [6, 6.07) is 15.6. The largest absolute Gasteiger partial charge is 0.439 e. The van der Waals surface area contributed by atoms with Crippen LogP contribution in [0.5, 0.6) is 11.6 Å². The van der Waals surface area contributed by atoms with Gasteiger partial charge < -0.3 is 14.8 Å². The van der Waals surface area contributed by atoms with E-state index in [9.17, 15) is 10.1 Å². The third-order valence-corrected chi connectivity index (χ3v) is 4.13. The van der Waals surface area contributed by atoms with Crippen LogP contribution < -0.4 is 10.1 Å². The van der Waals surface area contributed by atoms with Crippen LogP contribution in [0, 0.1) is 17.2 Å². The second-order valence-electron chi connectivity index (χ2n) is 6.68. The SMILES string of the molecule is C/C(Cl)=C/CNC(C(=O)OC(C#N)c1cccc(Oc2ccccc2)n1)C(C)C. The minimum absolute atomic E-state index is 0.0356. The van der Waals surface area contributed by atoms with Crippen LogP contribution in [0.4, 0.5) is 0 Å². The summed E-state index contributed by atoms with van der Waals surface area (Å²) in [4.78, 5) is 16.9. The molecule has 2 unspecified atom stereocenters. The topological polar surface area (TPSA) is 84.2 Å². The highest BCUT2D eigenvalue weighted by atomic mass is 35.5. The molecule has 2 rings (SSSR count). The summed E-state index contributed by atoms with van der Waals surface area (Å²) in [7, 11) is 0. The molecule has 2 atom stereocenters. The molecule has 0 aliphatic rings. The van der Waals surface area contributed by atoms with E-state index < -0.39 is 18.1 Å². The molecule has 0 spiro atoms. The van der Waals surface area contributed by atoms with E-state index in [1.165, 1.54) is 0 Å². The van der Waals surface area contributed by atoms with E-state index in [0.717, 1.165) is 0 Å². The molecule has 0 saturated carbocycles. The second kappa shape index (κ2) is 11.2. The van der Waals surface area contributed by atoms with Crippen LogP contribution in [0.2, 0.25) is 0 Å². The predicted molar refractivity (Wildman–Crippen MR) is 111 cm³/mol. The van der Waals surface area contributed by atoms with Gasteiger partial charge in [-0.2, -0.15) is 5.26 Å². The van der Waals surface area contributed by atoms with Gasteiger partial charge in [0, 0.05) is 17.6 Å². The van der Waals surface area contributed by atoms with Gasteiger partial charge in [0.2, 0.25) is 12.0 Å². The molecule has 0 bridgehead atoms. The minimum atomic E-state index is -1.14. The van der Waals surface area contributed by atoms with Crippen LogP contribution in [0.15, 0.2) is 59.6 Å². The van der Waals surface area contributed by atoms with E-state index in [-0.39, 0.29) is 5.92 Å². The quantitative estimate of drug-likeness (QED) is 0.598. The lowest BCUT2D eigenvalue weighted by atomic mass is 10.0. The number of hydrogen-bond donors (Lipinski definition) is 1. The molecule has 1 heterocycles. The summed E-state index contributed by atoms with van der Waals surface area (Å²) < 4.78 is 11.1. The number of nitrogens with one attached hydrogen (secondary N) is 1. The average Bonchev–Trinajstić information content (AvgIpc) is 2.69. The smallest absolute Gasteiger partial charge is 0.325 e. The molecule has 29 heavy (non-hydrogen) atoms. The Hall–Kier alpha value is -2.88. The molecule has 0 amide bonds. The number of halogens is 1. The third kappa shape index (κ3) is 7.22. The minimum Gasteiger partial charge on any atom is -0.439 e. The van der Waals surface area contributed by atoms with Crippen molar-refractivity contribution in [2.45, 2.75) is 32.9 Å². The summed E-state index contributed by atoms with van der Waals surface area (Å²) in [6.45, 7) is 5.96. The first-order chi connectivity index (χ1) is 13.9. The fourth-order valence-corrected chi connectivity index (χ4v) is 2.58. The van der Waals surface area contributed by atoms with Crippen molar-refractivity contribution < 1.29 is 14.3 Å². The van der Waals surface area contributed by atoms with Crippen molar-refractivity contribution in [3.63, 3.8) is 0 Å². The Bertz CT molecular complexity index is 874. The fraction of sp³-hybridized carbons (Fsp3) is 0.318. The molecule has 0 aliphatic heterocycles. The number of ether oxygens (including phenoxy) is 2. The molecule has 0 radical (unpaired) electrons. The van der Waals surface area contributed by atoms with E-state index in [4.69, 9.17) is 21.1 Å². The zero-order valence-electron chi connectivity index (χ0n) is 16.6. The van der Waals surface area contributed by atoms with Crippen LogP contribution in [-0.2, 0) is 9.53 Å². The number of aromatic nitrogens is 1. The van der Waals surface area contributed by atoms with E-state index in [1.807, 2.05) is 38.1 Å². The van der Waals surface area contributed by atoms with Gasteiger partial charge in [-0.25, -0.2) is 4.98 Å². The average molecular weight is 414 g/mol. The van der Waals surface area contributed by atoms with Gasteiger partial charge in [-0.15, -0.1) is 0 Å². The van der Waals surface area contributed by atoms with Crippen LogP contribution in [0.3, 0.4) is 0 Å². The highest BCUT2D eigenvalue weighted by Crippen LogP contribution is 2.23. The molecule has 0 aliphatic carbocycles. The molecule has 2 aromatic rings. The number of hydrogen-bond acceptors (Lipinski definition) is 6. The lowest BCUT2D eigenvalue weighted by Crippen LogP contribution is -2.42. The number of allylic oxidation sites excluding steroid dienone is 1. The normalized spacial score (nSPS) is 13.4. The maximum Gasteiger partial charge on any atom is 0.325 e. The first kappa shape index (κ1) is 22.4. The van der Waals surface area contributed by atoms with Crippen LogP contribution >= 0.6 is 11.6 Å². The fourth-order valence-electron chi connectivity index (χ4n) is 2.50. The molecule has 6 nitrogen and oxygen atoms in total. The number of nitrogens with zero attached hydrogens (tertiary/aromatic N) is 2. The summed E-state index contributed by atoms with van der Waals surface area (Å²) >= 11 is 5.82. The van der Waals surface area contributed by atoms with Crippen molar-refractivity contribution in [3.05, 3.63) is 65.3 Å². The molecule has 7 heteroatoms. The van der Waals surface area contributed by atoms with Crippen molar-refractivity contribution >= 4 is 17.6 Å². The van der Waals surface area contributed by atoms with Gasteiger partial charge >= 0.3 is 5.97 Å². The first-order valence-corrected chi connectivity index (χ1v) is 9.64. The van der Waals surface area contributed by atoms with Crippen LogP contribution in [0.25, 0.3) is 0 Å². The van der Waals surface area contributed by atoms with E-state index in [2.05, 4.69) is 10.3 Å². The van der Waals surface area contributed by atoms with Crippen molar-refractivity contribution in [2.24, 2.45) is 5.92 Å². The van der Waals surface area contributed by atoms with Crippen molar-refractivity contribution in [2.75, 3.05) is 6.54 Å². The van der Waals surface area contributed by atoms with E-state index >= 15 is 0 Å². The molecular weight excluding hydrogens is 390 g/mol. The standard InChI is InChI=1S/C22H24ClN3O3/c1-15(2)21(25-13-12-16(3)23)22(27)29-19(14-24)18-10-7-11-20(26-18)28-17-8-5-4-6-9-17/h4-12,15,19,21,25H,13H2,1-3H3/b16-12-. The molecule has 0 fully saturated rings. The van der Waals surface area contributed by atoms with Gasteiger partial charge in [0.05, 0.1) is 5.69 Å². The van der Waals surface area contributed by atoms with Gasteiger partial charge in [0.25, 0.3) is 0 Å². The zero-order valence-corrected chi connectivity index (χ0v) is 17.4. The van der Waals surface area contributed by atoms with Gasteiger partial charge in [-0.3, -0.25) is 4.79 Å². The molecule has 0 saturated heterocycles. The number of pyridine rings is 1. The Labute approximate surface area is 176 Å². The number of para-hydroxylation sites is 1. The molecule has 1 aromatic heterocycles. The highest BCUT2D eigenvalue weighted by molar-refractivity contribution is 6.29. The Balaban J connectivity index is 2.10. The summed E-state index contributed by atoms with van der Waals surface area (Å²) in [5.41, 5.74) is 0.299. The molecule has 1 aromatic carbocycles. The number of carbonyl (C=O) groups is 1. The monoisotopic (exact) mass is 413 g/mol. The highest BCUT2D eigenvalue weighted by Gasteiger charge is 2.27. The lowest BCUT2D eigenvalue weighted by molar-refractivity contribution is -0.150. The van der Waals surface area contributed by atoms with Crippen LogP contribution in [0.1, 0.15) is 32.6 Å². The second-order valence-corrected chi connectivity index (χ2v) is 7.28. The predicted octanol–water partition coefficient (Wildman–Crippen LogP) is 4.74. The first-order valence-electron chi connectivity index (χ1n) is 9.26. The zero-order chi connectivity index (χ0) is 21.2. The number of esters is 1. The Morgan fingerprint density at radius 1 is 1.24 bits per heavy atom. The third-order valence-electron chi connectivity index (χ3n) is 3.97. The molecule has 152 valence electrons. The van der Waals surface area contributed by atoms with Gasteiger partial charge in [0.1, 0.15) is 17.9 Å². The van der Waals surface area contributed by atoms with Gasteiger partial charge in [-0.1, -0.05) is 55.8 Å². The summed E-state index contributed by atoms with van der Waals surface area (Å²) in [5, 5.41) is 13.2. The lowest BCUT2D eigenvalue weighted by Gasteiger charge is -2.22. The summed E-state index contributed by atoms with van der Waals surface area (Å²) in [6.07, 6.45) is 0.618. The van der Waals surface area contributed by atoms with E-state index in [1.54, 1.807) is 43.3 Å². The van der Waals surface area contributed by atoms with Crippen LogP contribution in [-0.4, -0.2) is 23.5 Å². The Kier molecular flexibility index (Phi) is 8.66. The van der Waals surface area contributed by atoms with Crippen molar-refractivity contribution in [1.29, 1.82) is 5.26 Å². The number of nitriles is 1. The maximum absolute atomic E-state index is 12.6. The molecule has 1 N–H and O–H groups in total. The molecular formula is C22H24ClN3O3. The van der Waals surface area contributed by atoms with Gasteiger partial charge in [0.15, 0.2) is 0 Å². The Morgan fingerprint density at radius 3 is 2.59 bits per heavy atom. The maximum atomic E-state index is 12.6. The number of rotatable bonds is 9. The van der Waals surface area contributed by atoms with Crippen molar-refractivity contribution in [3.8, 4) is 17.7 Å². The number of benzene rings is 1. The Morgan fingerprint density at radius 2 is 1.97 bits per heavy atom.